The molecule has 0 saturated carbocycles. The van der Waals surface area contributed by atoms with Gasteiger partial charge in [0, 0.05) is 23.9 Å². The van der Waals surface area contributed by atoms with Gasteiger partial charge in [0.1, 0.15) is 5.82 Å². The summed E-state index contributed by atoms with van der Waals surface area (Å²) in [5.74, 6) is 2.09. The number of hydrogen-bond donors (Lipinski definition) is 1. The number of benzene rings is 1. The zero-order valence-electron chi connectivity index (χ0n) is 10.2. The average Bonchev–Trinajstić information content (AvgIpc) is 2.27. The first-order chi connectivity index (χ1) is 7.63. The lowest BCUT2D eigenvalue weighted by atomic mass is 10.1. The van der Waals surface area contributed by atoms with E-state index in [2.05, 4.69) is 19.2 Å². The van der Waals surface area contributed by atoms with Gasteiger partial charge in [-0.05, 0) is 25.7 Å². The van der Waals surface area contributed by atoms with Gasteiger partial charge in [0.15, 0.2) is 0 Å². The summed E-state index contributed by atoms with van der Waals surface area (Å²) in [7, 11) is 0. The van der Waals surface area contributed by atoms with Gasteiger partial charge in [-0.15, -0.1) is 0 Å². The van der Waals surface area contributed by atoms with Crippen molar-refractivity contribution < 1.29 is 4.39 Å². The number of aryl methyl sites for hydroxylation is 1. The van der Waals surface area contributed by atoms with Gasteiger partial charge < -0.3 is 5.32 Å². The zero-order chi connectivity index (χ0) is 12.0. The van der Waals surface area contributed by atoms with E-state index in [0.717, 1.165) is 22.6 Å². The van der Waals surface area contributed by atoms with Crippen LogP contribution in [0.25, 0.3) is 0 Å². The van der Waals surface area contributed by atoms with Crippen molar-refractivity contribution in [2.24, 2.45) is 0 Å². The van der Waals surface area contributed by atoms with Crippen LogP contribution >= 0.6 is 11.8 Å². The number of nitrogens with one attached hydrogen (secondary N) is 1. The molecule has 0 spiro atoms. The largest absolute Gasteiger partial charge is 0.309 e. The fourth-order valence-electron chi connectivity index (χ4n) is 1.48. The molecule has 0 aliphatic heterocycles. The van der Waals surface area contributed by atoms with Crippen molar-refractivity contribution >= 4 is 11.8 Å². The topological polar surface area (TPSA) is 12.0 Å². The molecule has 90 valence electrons. The second-order valence-electron chi connectivity index (χ2n) is 4.04. The molecule has 16 heavy (non-hydrogen) atoms. The van der Waals surface area contributed by atoms with Crippen LogP contribution in [0, 0.1) is 12.7 Å². The smallest absolute Gasteiger partial charge is 0.127 e. The third-order valence-corrected chi connectivity index (χ3v) is 3.56. The zero-order valence-corrected chi connectivity index (χ0v) is 11.0. The molecule has 1 N–H and O–H groups in total. The lowest BCUT2D eigenvalue weighted by molar-refractivity contribution is 0.556. The number of halogens is 1. The first kappa shape index (κ1) is 13.5. The molecule has 1 aromatic carbocycles. The summed E-state index contributed by atoms with van der Waals surface area (Å²) < 4.78 is 13.4. The molecule has 1 atom stereocenters. The highest BCUT2D eigenvalue weighted by Gasteiger charge is 2.05. The van der Waals surface area contributed by atoms with Crippen molar-refractivity contribution in [1.82, 2.24) is 5.32 Å². The molecule has 0 aromatic heterocycles. The van der Waals surface area contributed by atoms with E-state index < -0.39 is 0 Å². The van der Waals surface area contributed by atoms with Gasteiger partial charge in [-0.2, -0.15) is 11.8 Å². The minimum absolute atomic E-state index is 0.117. The summed E-state index contributed by atoms with van der Waals surface area (Å²) in [6.07, 6.45) is 0. The first-order valence-corrected chi connectivity index (χ1v) is 6.85. The number of rotatable bonds is 6. The van der Waals surface area contributed by atoms with Gasteiger partial charge in [-0.25, -0.2) is 4.39 Å². The van der Waals surface area contributed by atoms with Crippen molar-refractivity contribution in [3.8, 4) is 0 Å². The first-order valence-electron chi connectivity index (χ1n) is 5.69. The van der Waals surface area contributed by atoms with E-state index in [4.69, 9.17) is 0 Å². The highest BCUT2D eigenvalue weighted by atomic mass is 32.2. The Labute approximate surface area is 102 Å². The van der Waals surface area contributed by atoms with Crippen LogP contribution in [0.5, 0.6) is 0 Å². The molecule has 1 nitrogen and oxygen atoms in total. The molecular formula is C13H20FNS. The fraction of sp³-hybridized carbons (Fsp3) is 0.538. The van der Waals surface area contributed by atoms with Crippen LogP contribution in [-0.2, 0) is 6.54 Å². The lowest BCUT2D eigenvalue weighted by Gasteiger charge is -2.13. The Morgan fingerprint density at radius 3 is 2.88 bits per heavy atom. The molecule has 1 aromatic rings. The minimum atomic E-state index is -0.117. The van der Waals surface area contributed by atoms with E-state index in [1.807, 2.05) is 24.8 Å². The molecule has 3 heteroatoms. The van der Waals surface area contributed by atoms with Gasteiger partial charge in [0.05, 0.1) is 0 Å². The van der Waals surface area contributed by atoms with E-state index >= 15 is 0 Å². The average molecular weight is 241 g/mol. The molecular weight excluding hydrogens is 221 g/mol. The second-order valence-corrected chi connectivity index (χ2v) is 5.36. The van der Waals surface area contributed by atoms with Crippen LogP contribution in [0.4, 0.5) is 4.39 Å². The summed E-state index contributed by atoms with van der Waals surface area (Å²) in [6.45, 7) is 6.88. The number of thioether (sulfide) groups is 1. The lowest BCUT2D eigenvalue weighted by Crippen LogP contribution is -2.28. The molecule has 0 radical (unpaired) electrons. The quantitative estimate of drug-likeness (QED) is 0.819. The Morgan fingerprint density at radius 1 is 1.44 bits per heavy atom. The van der Waals surface area contributed by atoms with Crippen LogP contribution < -0.4 is 5.32 Å². The van der Waals surface area contributed by atoms with Crippen molar-refractivity contribution in [2.45, 2.75) is 33.4 Å². The summed E-state index contributed by atoms with van der Waals surface area (Å²) >= 11 is 1.90. The molecule has 0 aliphatic rings. The van der Waals surface area contributed by atoms with Gasteiger partial charge in [0.25, 0.3) is 0 Å². The van der Waals surface area contributed by atoms with E-state index in [1.165, 1.54) is 6.07 Å². The highest BCUT2D eigenvalue weighted by Crippen LogP contribution is 2.10. The maximum Gasteiger partial charge on any atom is 0.127 e. The SMILES string of the molecule is CCSCC(C)NCc1cc(C)ccc1F. The van der Waals surface area contributed by atoms with Crippen molar-refractivity contribution in [2.75, 3.05) is 11.5 Å². The Kier molecular flexibility index (Phi) is 5.85. The van der Waals surface area contributed by atoms with Crippen LogP contribution in [0.1, 0.15) is 25.0 Å². The predicted octanol–water partition coefficient (Wildman–Crippen LogP) is 3.37. The van der Waals surface area contributed by atoms with E-state index in [-0.39, 0.29) is 5.82 Å². The summed E-state index contributed by atoms with van der Waals surface area (Å²) in [4.78, 5) is 0. The molecule has 0 aliphatic carbocycles. The van der Waals surface area contributed by atoms with Crippen molar-refractivity contribution in [3.63, 3.8) is 0 Å². The molecule has 0 heterocycles. The monoisotopic (exact) mass is 241 g/mol. The summed E-state index contributed by atoms with van der Waals surface area (Å²) in [5, 5.41) is 3.34. The molecule has 1 rings (SSSR count). The maximum absolute atomic E-state index is 13.4. The highest BCUT2D eigenvalue weighted by molar-refractivity contribution is 7.99. The minimum Gasteiger partial charge on any atom is -0.309 e. The third kappa shape index (κ3) is 4.54. The van der Waals surface area contributed by atoms with Gasteiger partial charge in [-0.1, -0.05) is 24.6 Å². The molecule has 0 amide bonds. The predicted molar refractivity (Wildman–Crippen MR) is 70.4 cm³/mol. The maximum atomic E-state index is 13.4. The van der Waals surface area contributed by atoms with Crippen LogP contribution in [0.3, 0.4) is 0 Å². The van der Waals surface area contributed by atoms with Crippen LogP contribution in [0.2, 0.25) is 0 Å². The van der Waals surface area contributed by atoms with Gasteiger partial charge in [0.2, 0.25) is 0 Å². The standard InChI is InChI=1S/C13H20FNS/c1-4-16-9-11(3)15-8-12-7-10(2)5-6-13(12)14/h5-7,11,15H,4,8-9H2,1-3H3. The van der Waals surface area contributed by atoms with Gasteiger partial charge in [-0.3, -0.25) is 0 Å². The van der Waals surface area contributed by atoms with Crippen LogP contribution in [-0.4, -0.2) is 17.5 Å². The normalized spacial score (nSPS) is 12.8. The third-order valence-electron chi connectivity index (χ3n) is 2.41. The Hall–Kier alpha value is -0.540. The Balaban J connectivity index is 2.44. The van der Waals surface area contributed by atoms with Gasteiger partial charge >= 0.3 is 0 Å². The van der Waals surface area contributed by atoms with E-state index in [0.29, 0.717) is 12.6 Å². The van der Waals surface area contributed by atoms with Crippen LogP contribution in [0.15, 0.2) is 18.2 Å². The number of hydrogen-bond acceptors (Lipinski definition) is 2. The Bertz CT molecular complexity index is 328. The van der Waals surface area contributed by atoms with E-state index in [9.17, 15) is 4.39 Å². The molecule has 0 fully saturated rings. The van der Waals surface area contributed by atoms with Crippen molar-refractivity contribution in [3.05, 3.63) is 35.1 Å². The Morgan fingerprint density at radius 2 is 2.19 bits per heavy atom. The van der Waals surface area contributed by atoms with Crippen molar-refractivity contribution in [1.29, 1.82) is 0 Å². The fourth-order valence-corrected chi connectivity index (χ4v) is 2.18. The molecule has 0 saturated heterocycles. The molecule has 1 unspecified atom stereocenters. The summed E-state index contributed by atoms with van der Waals surface area (Å²) in [6, 6.07) is 5.67. The summed E-state index contributed by atoms with van der Waals surface area (Å²) in [5.41, 5.74) is 1.86. The second kappa shape index (κ2) is 6.92. The van der Waals surface area contributed by atoms with E-state index in [1.54, 1.807) is 6.07 Å². The molecule has 0 bridgehead atoms.